The number of hydrogen-bond acceptors (Lipinski definition) is 2. The van der Waals surface area contributed by atoms with Gasteiger partial charge in [0.15, 0.2) is 5.75 Å². The molecule has 0 bridgehead atoms. The summed E-state index contributed by atoms with van der Waals surface area (Å²) in [7, 11) is 0. The molecule has 0 aromatic carbocycles. The largest absolute Gasteiger partial charge is 0.490 e. The minimum atomic E-state index is 0.415. The van der Waals surface area contributed by atoms with Gasteiger partial charge in [-0.1, -0.05) is 0 Å². The van der Waals surface area contributed by atoms with Gasteiger partial charge in [0.05, 0.1) is 19.0 Å². The third-order valence-electron chi connectivity index (χ3n) is 2.29. The van der Waals surface area contributed by atoms with E-state index < -0.39 is 0 Å². The first kappa shape index (κ1) is 8.60. The van der Waals surface area contributed by atoms with Crippen molar-refractivity contribution >= 4 is 0 Å². The minimum Gasteiger partial charge on any atom is -0.490 e. The molecule has 1 aromatic heterocycles. The molecule has 0 aliphatic heterocycles. The number of aromatic nitrogens is 2. The normalized spacial score (nSPS) is 16.5. The van der Waals surface area contributed by atoms with E-state index in [-0.39, 0.29) is 0 Å². The predicted octanol–water partition coefficient (Wildman–Crippen LogP) is 2.25. The van der Waals surface area contributed by atoms with Gasteiger partial charge in [-0.3, -0.25) is 4.68 Å². The van der Waals surface area contributed by atoms with Crippen LogP contribution in [0.25, 0.3) is 0 Å². The van der Waals surface area contributed by atoms with Crippen LogP contribution in [-0.2, 0) is 0 Å². The van der Waals surface area contributed by atoms with Crippen molar-refractivity contribution in [3.8, 4) is 5.75 Å². The quantitative estimate of drug-likeness (QED) is 0.710. The molecule has 1 aliphatic rings. The number of nitrogens with zero attached hydrogens (tertiary/aromatic N) is 2. The summed E-state index contributed by atoms with van der Waals surface area (Å²) in [6.07, 6.45) is 6.42. The standard InChI is InChI=1S/C10H16N2O/c1-8(2)12-6-10(5-11-12)13-7-9-3-4-9/h5-6,8-9H,3-4,7H2,1-2H3. The smallest absolute Gasteiger partial charge is 0.157 e. The van der Waals surface area contributed by atoms with Gasteiger partial charge in [-0.15, -0.1) is 0 Å². The van der Waals surface area contributed by atoms with Crippen LogP contribution in [0.2, 0.25) is 0 Å². The maximum Gasteiger partial charge on any atom is 0.157 e. The van der Waals surface area contributed by atoms with Crippen molar-refractivity contribution in [1.82, 2.24) is 9.78 Å². The lowest BCUT2D eigenvalue weighted by molar-refractivity contribution is 0.299. The summed E-state index contributed by atoms with van der Waals surface area (Å²) >= 11 is 0. The summed E-state index contributed by atoms with van der Waals surface area (Å²) in [6.45, 7) is 5.08. The highest BCUT2D eigenvalue weighted by atomic mass is 16.5. The zero-order chi connectivity index (χ0) is 9.26. The average Bonchev–Trinajstić information content (AvgIpc) is 2.79. The van der Waals surface area contributed by atoms with Crippen molar-refractivity contribution < 1.29 is 4.74 Å². The van der Waals surface area contributed by atoms with E-state index >= 15 is 0 Å². The highest BCUT2D eigenvalue weighted by Crippen LogP contribution is 2.29. The lowest BCUT2D eigenvalue weighted by atomic mass is 10.4. The lowest BCUT2D eigenvalue weighted by Gasteiger charge is -2.03. The van der Waals surface area contributed by atoms with Crippen molar-refractivity contribution in [2.75, 3.05) is 6.61 Å². The fourth-order valence-corrected chi connectivity index (χ4v) is 1.18. The molecule has 0 saturated heterocycles. The molecule has 0 atom stereocenters. The fraction of sp³-hybridized carbons (Fsp3) is 0.700. The first-order valence-corrected chi connectivity index (χ1v) is 4.92. The van der Waals surface area contributed by atoms with Crippen LogP contribution in [0.3, 0.4) is 0 Å². The second-order valence-electron chi connectivity index (χ2n) is 4.00. The molecule has 3 nitrogen and oxygen atoms in total. The molecule has 1 saturated carbocycles. The number of hydrogen-bond donors (Lipinski definition) is 0. The second kappa shape index (κ2) is 3.40. The van der Waals surface area contributed by atoms with Gasteiger partial charge in [0.1, 0.15) is 0 Å². The molecular formula is C10H16N2O. The van der Waals surface area contributed by atoms with Crippen molar-refractivity contribution in [2.24, 2.45) is 5.92 Å². The maximum atomic E-state index is 5.58. The molecule has 0 amide bonds. The van der Waals surface area contributed by atoms with E-state index in [1.54, 1.807) is 6.20 Å². The molecule has 1 aromatic rings. The SMILES string of the molecule is CC(C)n1cc(OCC2CC2)cn1. The Bertz CT molecular complexity index is 276. The summed E-state index contributed by atoms with van der Waals surface area (Å²) in [5.41, 5.74) is 0. The Morgan fingerprint density at radius 3 is 2.92 bits per heavy atom. The third-order valence-corrected chi connectivity index (χ3v) is 2.29. The number of rotatable bonds is 4. The van der Waals surface area contributed by atoms with E-state index in [4.69, 9.17) is 4.74 Å². The highest BCUT2D eigenvalue weighted by Gasteiger charge is 2.22. The Kier molecular flexibility index (Phi) is 2.25. The van der Waals surface area contributed by atoms with Crippen molar-refractivity contribution in [1.29, 1.82) is 0 Å². The van der Waals surface area contributed by atoms with Crippen LogP contribution in [0.1, 0.15) is 32.7 Å². The Hall–Kier alpha value is -0.990. The Morgan fingerprint density at radius 2 is 2.38 bits per heavy atom. The summed E-state index contributed by atoms with van der Waals surface area (Å²) in [6, 6.07) is 0.415. The van der Waals surface area contributed by atoms with E-state index in [2.05, 4.69) is 18.9 Å². The summed E-state index contributed by atoms with van der Waals surface area (Å²) in [5.74, 6) is 1.71. The van der Waals surface area contributed by atoms with Crippen molar-refractivity contribution in [2.45, 2.75) is 32.7 Å². The predicted molar refractivity (Wildman–Crippen MR) is 50.8 cm³/mol. The van der Waals surface area contributed by atoms with Crippen LogP contribution in [-0.4, -0.2) is 16.4 Å². The minimum absolute atomic E-state index is 0.415. The first-order valence-electron chi connectivity index (χ1n) is 4.92. The molecule has 3 heteroatoms. The van der Waals surface area contributed by atoms with Crippen molar-refractivity contribution in [3.05, 3.63) is 12.4 Å². The van der Waals surface area contributed by atoms with Crippen LogP contribution in [0, 0.1) is 5.92 Å². The van der Waals surface area contributed by atoms with Gasteiger partial charge in [-0.25, -0.2) is 0 Å². The summed E-state index contributed by atoms with van der Waals surface area (Å²) in [4.78, 5) is 0. The van der Waals surface area contributed by atoms with Crippen LogP contribution in [0.5, 0.6) is 5.75 Å². The Balaban J connectivity index is 1.88. The first-order chi connectivity index (χ1) is 6.25. The second-order valence-corrected chi connectivity index (χ2v) is 4.00. The Morgan fingerprint density at radius 1 is 1.62 bits per heavy atom. The molecule has 13 heavy (non-hydrogen) atoms. The van der Waals surface area contributed by atoms with Crippen molar-refractivity contribution in [3.63, 3.8) is 0 Å². The van der Waals surface area contributed by atoms with E-state index in [1.807, 2.05) is 10.9 Å². The van der Waals surface area contributed by atoms with E-state index in [9.17, 15) is 0 Å². The zero-order valence-electron chi connectivity index (χ0n) is 8.23. The lowest BCUT2D eigenvalue weighted by Crippen LogP contribution is -2.00. The van der Waals surface area contributed by atoms with Gasteiger partial charge in [-0.2, -0.15) is 5.10 Å². The number of ether oxygens (including phenoxy) is 1. The molecule has 0 spiro atoms. The summed E-state index contributed by atoms with van der Waals surface area (Å²) < 4.78 is 7.50. The molecule has 0 radical (unpaired) electrons. The van der Waals surface area contributed by atoms with Gasteiger partial charge in [0.25, 0.3) is 0 Å². The maximum absolute atomic E-state index is 5.58. The van der Waals surface area contributed by atoms with Gasteiger partial charge in [-0.05, 0) is 32.6 Å². The molecular weight excluding hydrogens is 164 g/mol. The molecule has 2 rings (SSSR count). The molecule has 1 fully saturated rings. The van der Waals surface area contributed by atoms with E-state index in [0.29, 0.717) is 6.04 Å². The zero-order valence-corrected chi connectivity index (χ0v) is 8.23. The highest BCUT2D eigenvalue weighted by molar-refractivity contribution is 5.12. The van der Waals surface area contributed by atoms with Crippen LogP contribution < -0.4 is 4.74 Å². The molecule has 1 heterocycles. The van der Waals surface area contributed by atoms with Gasteiger partial charge in [0, 0.05) is 6.04 Å². The fourth-order valence-electron chi connectivity index (χ4n) is 1.18. The van der Waals surface area contributed by atoms with Crippen LogP contribution in [0.4, 0.5) is 0 Å². The van der Waals surface area contributed by atoms with Crippen LogP contribution >= 0.6 is 0 Å². The van der Waals surface area contributed by atoms with Gasteiger partial charge >= 0.3 is 0 Å². The van der Waals surface area contributed by atoms with E-state index in [0.717, 1.165) is 18.3 Å². The van der Waals surface area contributed by atoms with Gasteiger partial charge in [0.2, 0.25) is 0 Å². The Labute approximate surface area is 78.7 Å². The summed E-state index contributed by atoms with van der Waals surface area (Å²) in [5, 5.41) is 4.21. The van der Waals surface area contributed by atoms with Crippen LogP contribution in [0.15, 0.2) is 12.4 Å². The van der Waals surface area contributed by atoms with Gasteiger partial charge < -0.3 is 4.74 Å². The molecule has 72 valence electrons. The van der Waals surface area contributed by atoms with E-state index in [1.165, 1.54) is 12.8 Å². The molecule has 0 unspecified atom stereocenters. The monoisotopic (exact) mass is 180 g/mol. The molecule has 0 N–H and O–H groups in total. The topological polar surface area (TPSA) is 27.1 Å². The third kappa shape index (κ3) is 2.23. The molecule has 1 aliphatic carbocycles. The average molecular weight is 180 g/mol.